The van der Waals surface area contributed by atoms with E-state index in [1.165, 1.54) is 12.8 Å². The predicted molar refractivity (Wildman–Crippen MR) is 57.9 cm³/mol. The average molecular weight is 200 g/mol. The van der Waals surface area contributed by atoms with E-state index < -0.39 is 0 Å². The lowest BCUT2D eigenvalue weighted by Crippen LogP contribution is -2.35. The zero-order valence-corrected chi connectivity index (χ0v) is 10.0. The summed E-state index contributed by atoms with van der Waals surface area (Å²) in [5, 5.41) is 0. The number of hydrogen-bond donors (Lipinski definition) is 0. The van der Waals surface area contributed by atoms with Gasteiger partial charge in [-0.2, -0.15) is 0 Å². The van der Waals surface area contributed by atoms with Crippen molar-refractivity contribution in [3.05, 3.63) is 0 Å². The lowest BCUT2D eigenvalue weighted by atomic mass is 9.75. The molecule has 1 aliphatic carbocycles. The molecular weight excluding hydrogens is 176 g/mol. The van der Waals surface area contributed by atoms with Crippen LogP contribution in [0.15, 0.2) is 0 Å². The van der Waals surface area contributed by atoms with Crippen molar-refractivity contribution in [3.8, 4) is 0 Å². The zero-order chi connectivity index (χ0) is 10.6. The van der Waals surface area contributed by atoms with Crippen LogP contribution in [0.25, 0.3) is 0 Å². The van der Waals surface area contributed by atoms with E-state index in [2.05, 4.69) is 20.8 Å². The van der Waals surface area contributed by atoms with Gasteiger partial charge in [-0.15, -0.1) is 0 Å². The van der Waals surface area contributed by atoms with Crippen LogP contribution in [0.4, 0.5) is 0 Å². The molecule has 0 saturated heterocycles. The molecule has 0 N–H and O–H groups in total. The SMILES string of the molecule is CCOOC1(C)CCC(C(C)C)CC1. The molecule has 1 saturated carbocycles. The Morgan fingerprint density at radius 2 is 1.86 bits per heavy atom. The van der Waals surface area contributed by atoms with Gasteiger partial charge in [-0.3, -0.25) is 0 Å². The highest BCUT2D eigenvalue weighted by Crippen LogP contribution is 2.37. The molecule has 1 fully saturated rings. The fraction of sp³-hybridized carbons (Fsp3) is 1.00. The van der Waals surface area contributed by atoms with Gasteiger partial charge in [0.25, 0.3) is 0 Å². The molecule has 0 atom stereocenters. The maximum atomic E-state index is 5.45. The fourth-order valence-corrected chi connectivity index (χ4v) is 2.20. The third kappa shape index (κ3) is 3.25. The Kier molecular flexibility index (Phi) is 4.39. The first-order valence-electron chi connectivity index (χ1n) is 5.88. The Morgan fingerprint density at radius 3 is 2.29 bits per heavy atom. The summed E-state index contributed by atoms with van der Waals surface area (Å²) in [5.41, 5.74) is -0.0264. The Labute approximate surface area is 87.9 Å². The smallest absolute Gasteiger partial charge is 0.101 e. The quantitative estimate of drug-likeness (QED) is 0.510. The highest BCUT2D eigenvalue weighted by molar-refractivity contribution is 4.83. The molecule has 0 heterocycles. The van der Waals surface area contributed by atoms with Crippen molar-refractivity contribution in [1.29, 1.82) is 0 Å². The third-order valence-corrected chi connectivity index (χ3v) is 3.41. The Hall–Kier alpha value is -0.0800. The Balaban J connectivity index is 2.33. The third-order valence-electron chi connectivity index (χ3n) is 3.41. The normalized spacial score (nSPS) is 33.6. The van der Waals surface area contributed by atoms with Gasteiger partial charge in [-0.1, -0.05) is 13.8 Å². The maximum absolute atomic E-state index is 5.45. The van der Waals surface area contributed by atoms with E-state index in [4.69, 9.17) is 9.78 Å². The van der Waals surface area contributed by atoms with Crippen LogP contribution in [-0.4, -0.2) is 12.2 Å². The second-order valence-corrected chi connectivity index (χ2v) is 5.02. The van der Waals surface area contributed by atoms with Crippen molar-refractivity contribution in [1.82, 2.24) is 0 Å². The van der Waals surface area contributed by atoms with E-state index >= 15 is 0 Å². The fourth-order valence-electron chi connectivity index (χ4n) is 2.20. The van der Waals surface area contributed by atoms with Crippen molar-refractivity contribution in [2.24, 2.45) is 11.8 Å². The van der Waals surface area contributed by atoms with Crippen molar-refractivity contribution >= 4 is 0 Å². The van der Waals surface area contributed by atoms with Gasteiger partial charge in [0.05, 0.1) is 6.61 Å². The molecule has 0 aromatic carbocycles. The molecule has 1 rings (SSSR count). The van der Waals surface area contributed by atoms with Crippen molar-refractivity contribution in [2.75, 3.05) is 6.61 Å². The Bertz CT molecular complexity index is 158. The summed E-state index contributed by atoms with van der Waals surface area (Å²) in [5.74, 6) is 1.69. The first kappa shape index (κ1) is 12.0. The summed E-state index contributed by atoms with van der Waals surface area (Å²) in [7, 11) is 0. The average Bonchev–Trinajstić information content (AvgIpc) is 2.16. The molecule has 0 spiro atoms. The topological polar surface area (TPSA) is 18.5 Å². The predicted octanol–water partition coefficient (Wildman–Crippen LogP) is 3.56. The highest BCUT2D eigenvalue weighted by Gasteiger charge is 2.33. The first-order valence-corrected chi connectivity index (χ1v) is 5.88. The van der Waals surface area contributed by atoms with Gasteiger partial charge in [0.2, 0.25) is 0 Å². The molecular formula is C12H24O2. The van der Waals surface area contributed by atoms with Gasteiger partial charge in [0.1, 0.15) is 5.60 Å². The molecule has 2 nitrogen and oxygen atoms in total. The summed E-state index contributed by atoms with van der Waals surface area (Å²) in [6, 6.07) is 0. The van der Waals surface area contributed by atoms with E-state index in [9.17, 15) is 0 Å². The molecule has 84 valence electrons. The van der Waals surface area contributed by atoms with Crippen LogP contribution in [0.2, 0.25) is 0 Å². The van der Waals surface area contributed by atoms with Crippen LogP contribution in [0, 0.1) is 11.8 Å². The molecule has 14 heavy (non-hydrogen) atoms. The molecule has 0 unspecified atom stereocenters. The van der Waals surface area contributed by atoms with E-state index in [0.29, 0.717) is 6.61 Å². The second-order valence-electron chi connectivity index (χ2n) is 5.02. The van der Waals surface area contributed by atoms with Crippen molar-refractivity contribution in [2.45, 2.75) is 59.0 Å². The van der Waals surface area contributed by atoms with Gasteiger partial charge in [-0.25, -0.2) is 9.78 Å². The van der Waals surface area contributed by atoms with Gasteiger partial charge in [0, 0.05) is 0 Å². The van der Waals surface area contributed by atoms with Crippen LogP contribution in [0.5, 0.6) is 0 Å². The van der Waals surface area contributed by atoms with Gasteiger partial charge >= 0.3 is 0 Å². The standard InChI is InChI=1S/C12H24O2/c1-5-13-14-12(4)8-6-11(7-9-12)10(2)3/h10-11H,5-9H2,1-4H3. The molecule has 2 heteroatoms. The van der Waals surface area contributed by atoms with Crippen LogP contribution in [0.1, 0.15) is 53.4 Å². The highest BCUT2D eigenvalue weighted by atomic mass is 17.2. The minimum Gasteiger partial charge on any atom is -0.236 e. The summed E-state index contributed by atoms with van der Waals surface area (Å²) in [6.45, 7) is 9.40. The summed E-state index contributed by atoms with van der Waals surface area (Å²) < 4.78 is 0. The van der Waals surface area contributed by atoms with E-state index in [1.807, 2.05) is 6.92 Å². The number of hydrogen-bond acceptors (Lipinski definition) is 2. The molecule has 0 radical (unpaired) electrons. The molecule has 0 aliphatic heterocycles. The van der Waals surface area contributed by atoms with Crippen molar-refractivity contribution < 1.29 is 9.78 Å². The second kappa shape index (κ2) is 5.13. The van der Waals surface area contributed by atoms with Gasteiger partial charge in [0.15, 0.2) is 0 Å². The lowest BCUT2D eigenvalue weighted by molar-refractivity contribution is -0.362. The summed E-state index contributed by atoms with van der Waals surface area (Å²) in [4.78, 5) is 10.5. The van der Waals surface area contributed by atoms with Crippen LogP contribution >= 0.6 is 0 Å². The van der Waals surface area contributed by atoms with Gasteiger partial charge < -0.3 is 0 Å². The molecule has 0 bridgehead atoms. The van der Waals surface area contributed by atoms with Gasteiger partial charge in [-0.05, 0) is 51.4 Å². The van der Waals surface area contributed by atoms with Crippen LogP contribution in [0.3, 0.4) is 0 Å². The monoisotopic (exact) mass is 200 g/mol. The Morgan fingerprint density at radius 1 is 1.29 bits per heavy atom. The molecule has 0 aromatic rings. The van der Waals surface area contributed by atoms with Crippen molar-refractivity contribution in [3.63, 3.8) is 0 Å². The summed E-state index contributed by atoms with van der Waals surface area (Å²) in [6.07, 6.45) is 4.83. The molecule has 0 aromatic heterocycles. The molecule has 1 aliphatic rings. The zero-order valence-electron chi connectivity index (χ0n) is 10.0. The maximum Gasteiger partial charge on any atom is 0.101 e. The minimum absolute atomic E-state index is 0.0264. The number of rotatable bonds is 4. The summed E-state index contributed by atoms with van der Waals surface area (Å²) >= 11 is 0. The van der Waals surface area contributed by atoms with E-state index in [1.54, 1.807) is 0 Å². The first-order chi connectivity index (χ1) is 6.57. The minimum atomic E-state index is -0.0264. The molecule has 0 amide bonds. The van der Waals surface area contributed by atoms with E-state index in [0.717, 1.165) is 24.7 Å². The lowest BCUT2D eigenvalue weighted by Gasteiger charge is -2.37. The van der Waals surface area contributed by atoms with E-state index in [-0.39, 0.29) is 5.60 Å². The van der Waals surface area contributed by atoms with Crippen LogP contribution < -0.4 is 0 Å². The van der Waals surface area contributed by atoms with Crippen LogP contribution in [-0.2, 0) is 9.78 Å². The largest absolute Gasteiger partial charge is 0.236 e.